The summed E-state index contributed by atoms with van der Waals surface area (Å²) in [5.74, 6) is 0.415. The molecule has 0 aliphatic heterocycles. The van der Waals surface area contributed by atoms with Crippen molar-refractivity contribution in [3.05, 3.63) is 53.6 Å². The molecule has 2 rings (SSSR count). The van der Waals surface area contributed by atoms with Crippen molar-refractivity contribution >= 4 is 0 Å². The van der Waals surface area contributed by atoms with E-state index in [4.69, 9.17) is 5.73 Å². The van der Waals surface area contributed by atoms with Gasteiger partial charge in [-0.25, -0.2) is 4.98 Å². The van der Waals surface area contributed by atoms with Crippen LogP contribution in [0.5, 0.6) is 0 Å². The van der Waals surface area contributed by atoms with E-state index in [1.165, 1.54) is 11.1 Å². The van der Waals surface area contributed by atoms with Gasteiger partial charge >= 0.3 is 0 Å². The maximum absolute atomic E-state index is 6.21. The van der Waals surface area contributed by atoms with Gasteiger partial charge in [-0.3, -0.25) is 0 Å². The quantitative estimate of drug-likeness (QED) is 0.897. The van der Waals surface area contributed by atoms with E-state index in [2.05, 4.69) is 54.6 Å². The van der Waals surface area contributed by atoms with Gasteiger partial charge in [-0.15, -0.1) is 0 Å². The molecule has 0 fully saturated rings. The zero-order valence-electron chi connectivity index (χ0n) is 11.3. The van der Waals surface area contributed by atoms with Crippen LogP contribution in [0.1, 0.15) is 36.7 Å². The van der Waals surface area contributed by atoms with Crippen LogP contribution < -0.4 is 5.73 Å². The van der Waals surface area contributed by atoms with E-state index in [1.54, 1.807) is 0 Å². The molecule has 0 bridgehead atoms. The van der Waals surface area contributed by atoms with Crippen molar-refractivity contribution in [3.63, 3.8) is 0 Å². The molecule has 96 valence electrons. The first kappa shape index (κ1) is 12.8. The van der Waals surface area contributed by atoms with Gasteiger partial charge < -0.3 is 10.3 Å². The van der Waals surface area contributed by atoms with Crippen LogP contribution >= 0.6 is 0 Å². The lowest BCUT2D eigenvalue weighted by Crippen LogP contribution is -2.20. The summed E-state index contributed by atoms with van der Waals surface area (Å²) >= 11 is 0. The van der Waals surface area contributed by atoms with Crippen LogP contribution in [0.2, 0.25) is 0 Å². The second-order valence-electron chi connectivity index (χ2n) is 5.21. The van der Waals surface area contributed by atoms with E-state index < -0.39 is 0 Å². The lowest BCUT2D eigenvalue weighted by Gasteiger charge is -2.18. The van der Waals surface area contributed by atoms with Crippen LogP contribution in [0.3, 0.4) is 0 Å². The Morgan fingerprint density at radius 1 is 1.33 bits per heavy atom. The molecule has 0 radical (unpaired) electrons. The van der Waals surface area contributed by atoms with Gasteiger partial charge in [-0.2, -0.15) is 0 Å². The van der Waals surface area contributed by atoms with Crippen LogP contribution in [0.25, 0.3) is 0 Å². The molecule has 2 N–H and O–H groups in total. The van der Waals surface area contributed by atoms with Crippen LogP contribution in [0, 0.1) is 12.8 Å². The van der Waals surface area contributed by atoms with Crippen LogP contribution in [-0.2, 0) is 6.54 Å². The van der Waals surface area contributed by atoms with Crippen molar-refractivity contribution in [2.75, 3.05) is 0 Å². The fourth-order valence-corrected chi connectivity index (χ4v) is 2.09. The Morgan fingerprint density at radius 3 is 2.78 bits per heavy atom. The summed E-state index contributed by atoms with van der Waals surface area (Å²) in [5, 5.41) is 0. The molecule has 3 heteroatoms. The molecule has 0 aliphatic rings. The minimum absolute atomic E-state index is 0.0392. The lowest BCUT2D eigenvalue weighted by molar-refractivity contribution is 0.484. The number of imidazole rings is 1. The molecule has 1 aromatic heterocycles. The average molecular weight is 243 g/mol. The van der Waals surface area contributed by atoms with E-state index in [1.807, 2.05) is 12.5 Å². The molecule has 0 amide bonds. The monoisotopic (exact) mass is 243 g/mol. The molecule has 3 nitrogen and oxygen atoms in total. The maximum atomic E-state index is 6.21. The Bertz CT molecular complexity index is 514. The summed E-state index contributed by atoms with van der Waals surface area (Å²) in [4.78, 5) is 4.23. The van der Waals surface area contributed by atoms with Crippen LogP contribution in [0.15, 0.2) is 36.8 Å². The lowest BCUT2D eigenvalue weighted by atomic mass is 10.0. The third kappa shape index (κ3) is 2.79. The molecule has 1 aromatic carbocycles. The minimum Gasteiger partial charge on any atom is -0.329 e. The number of hydrogen-bond donors (Lipinski definition) is 1. The Labute approximate surface area is 109 Å². The molecule has 0 spiro atoms. The first-order valence-corrected chi connectivity index (χ1v) is 6.39. The number of nitrogens with two attached hydrogens (primary N) is 1. The van der Waals surface area contributed by atoms with Crippen molar-refractivity contribution in [3.8, 4) is 0 Å². The molecule has 1 atom stereocenters. The van der Waals surface area contributed by atoms with E-state index in [9.17, 15) is 0 Å². The summed E-state index contributed by atoms with van der Waals surface area (Å²) in [6.45, 7) is 7.21. The Kier molecular flexibility index (Phi) is 3.82. The highest BCUT2D eigenvalue weighted by Gasteiger charge is 2.15. The van der Waals surface area contributed by atoms with E-state index in [-0.39, 0.29) is 6.04 Å². The predicted octanol–water partition coefficient (Wildman–Crippen LogP) is 2.90. The average Bonchev–Trinajstić information content (AvgIpc) is 2.76. The van der Waals surface area contributed by atoms with Crippen LogP contribution in [0.4, 0.5) is 0 Å². The second-order valence-corrected chi connectivity index (χ2v) is 5.21. The Hall–Kier alpha value is -1.61. The molecule has 0 saturated carbocycles. The fraction of sp³-hybridized carbons (Fsp3) is 0.400. The highest BCUT2D eigenvalue weighted by molar-refractivity contribution is 5.23. The second kappa shape index (κ2) is 5.36. The van der Waals surface area contributed by atoms with Crippen molar-refractivity contribution in [1.29, 1.82) is 0 Å². The van der Waals surface area contributed by atoms with Gasteiger partial charge in [0.25, 0.3) is 0 Å². The van der Waals surface area contributed by atoms with Crippen molar-refractivity contribution in [2.24, 2.45) is 11.7 Å². The van der Waals surface area contributed by atoms with Crippen molar-refractivity contribution in [1.82, 2.24) is 9.55 Å². The maximum Gasteiger partial charge on any atom is 0.0951 e. The van der Waals surface area contributed by atoms with E-state index >= 15 is 0 Å². The van der Waals surface area contributed by atoms with Gasteiger partial charge in [0.1, 0.15) is 0 Å². The molecule has 1 unspecified atom stereocenters. The van der Waals surface area contributed by atoms with Gasteiger partial charge in [-0.05, 0) is 18.4 Å². The largest absolute Gasteiger partial charge is 0.329 e. The van der Waals surface area contributed by atoms with Crippen LogP contribution in [-0.4, -0.2) is 9.55 Å². The third-order valence-electron chi connectivity index (χ3n) is 3.24. The number of rotatable bonds is 4. The number of nitrogens with zero attached hydrogens (tertiary/aromatic N) is 2. The third-order valence-corrected chi connectivity index (χ3v) is 3.24. The van der Waals surface area contributed by atoms with Gasteiger partial charge in [0, 0.05) is 18.8 Å². The topological polar surface area (TPSA) is 43.8 Å². The first-order valence-electron chi connectivity index (χ1n) is 6.39. The van der Waals surface area contributed by atoms with Gasteiger partial charge in [0.05, 0.1) is 12.0 Å². The molecule has 0 aliphatic carbocycles. The number of benzene rings is 1. The Balaban J connectivity index is 2.22. The number of aryl methyl sites for hydroxylation is 1. The number of aromatic nitrogens is 2. The van der Waals surface area contributed by atoms with Crippen molar-refractivity contribution in [2.45, 2.75) is 33.4 Å². The van der Waals surface area contributed by atoms with Crippen molar-refractivity contribution < 1.29 is 0 Å². The SMILES string of the molecule is Cc1cccc(Cn2cncc2C(N)C(C)C)c1. The summed E-state index contributed by atoms with van der Waals surface area (Å²) in [5.41, 5.74) is 9.87. The highest BCUT2D eigenvalue weighted by Crippen LogP contribution is 2.19. The zero-order valence-corrected chi connectivity index (χ0v) is 11.3. The molecule has 0 saturated heterocycles. The Morgan fingerprint density at radius 2 is 2.11 bits per heavy atom. The minimum atomic E-state index is 0.0392. The fourth-order valence-electron chi connectivity index (χ4n) is 2.09. The summed E-state index contributed by atoms with van der Waals surface area (Å²) < 4.78 is 2.14. The normalized spacial score (nSPS) is 12.9. The zero-order chi connectivity index (χ0) is 13.1. The predicted molar refractivity (Wildman–Crippen MR) is 74.3 cm³/mol. The molecule has 2 aromatic rings. The number of hydrogen-bond acceptors (Lipinski definition) is 2. The van der Waals surface area contributed by atoms with E-state index in [0.29, 0.717) is 5.92 Å². The first-order chi connectivity index (χ1) is 8.58. The highest BCUT2D eigenvalue weighted by atomic mass is 15.1. The summed E-state index contributed by atoms with van der Waals surface area (Å²) in [7, 11) is 0. The standard InChI is InChI=1S/C15H21N3/c1-11(2)15(16)14-8-17-10-18(14)9-13-6-4-5-12(3)7-13/h4-8,10-11,15H,9,16H2,1-3H3. The summed E-state index contributed by atoms with van der Waals surface area (Å²) in [6, 6.07) is 8.57. The molecule has 1 heterocycles. The van der Waals surface area contributed by atoms with Gasteiger partial charge in [0.15, 0.2) is 0 Å². The molecular weight excluding hydrogens is 222 g/mol. The van der Waals surface area contributed by atoms with Gasteiger partial charge in [-0.1, -0.05) is 43.7 Å². The van der Waals surface area contributed by atoms with E-state index in [0.717, 1.165) is 12.2 Å². The van der Waals surface area contributed by atoms with Gasteiger partial charge in [0.2, 0.25) is 0 Å². The molecular formula is C15H21N3. The summed E-state index contributed by atoms with van der Waals surface area (Å²) in [6.07, 6.45) is 3.74. The molecule has 18 heavy (non-hydrogen) atoms. The smallest absolute Gasteiger partial charge is 0.0951 e.